The number of rotatable bonds is 7. The Morgan fingerprint density at radius 2 is 1.81 bits per heavy atom. The number of benzene rings is 2. The average Bonchev–Trinajstić information content (AvgIpc) is 2.74. The van der Waals surface area contributed by atoms with Crippen LogP contribution in [0.4, 0.5) is 17.5 Å². The molecule has 0 spiro atoms. The number of nitrogens with zero attached hydrogens (tertiary/aromatic N) is 3. The molecule has 1 aromatic heterocycles. The first-order chi connectivity index (χ1) is 14.7. The van der Waals surface area contributed by atoms with E-state index in [4.69, 9.17) is 11.6 Å². The van der Waals surface area contributed by atoms with E-state index in [0.29, 0.717) is 5.69 Å². The quantitative estimate of drug-likeness (QED) is 0.307. The Kier molecular flexibility index (Phi) is 7.30. The van der Waals surface area contributed by atoms with E-state index in [9.17, 15) is 8.42 Å². The molecule has 0 atom stereocenters. The second-order valence-corrected chi connectivity index (χ2v) is 10.7. The minimum absolute atomic E-state index is 0.179. The van der Waals surface area contributed by atoms with Crippen LogP contribution in [0.15, 0.2) is 69.2 Å². The van der Waals surface area contributed by atoms with Crippen molar-refractivity contribution in [3.8, 4) is 0 Å². The molecule has 7 nitrogen and oxygen atoms in total. The van der Waals surface area contributed by atoms with E-state index in [1.165, 1.54) is 6.20 Å². The number of hydrazone groups is 1. The van der Waals surface area contributed by atoms with Gasteiger partial charge in [0.2, 0.25) is 5.95 Å². The van der Waals surface area contributed by atoms with Crippen LogP contribution in [-0.2, 0) is 9.84 Å². The molecule has 0 bridgehead atoms. The van der Waals surface area contributed by atoms with E-state index < -0.39 is 15.1 Å². The van der Waals surface area contributed by atoms with Crippen molar-refractivity contribution < 1.29 is 8.42 Å². The second-order valence-electron chi connectivity index (χ2n) is 6.92. The van der Waals surface area contributed by atoms with Crippen LogP contribution in [0.3, 0.4) is 0 Å². The van der Waals surface area contributed by atoms with E-state index in [1.807, 2.05) is 31.2 Å². The first-order valence-electron chi connectivity index (χ1n) is 9.37. The fraction of sp³-hybridized carbons (Fsp3) is 0.190. The SMILES string of the molecule is C/C(=N\Nc1ncc(Cl)c(Nc2ccccc2S(=O)(=O)C(C)C)n1)c1ccc(Br)cc1. The molecular formula is C21H21BrClN5O2S. The van der Waals surface area contributed by atoms with Gasteiger partial charge in [0, 0.05) is 4.47 Å². The predicted octanol–water partition coefficient (Wildman–Crippen LogP) is 5.65. The Balaban J connectivity index is 1.86. The van der Waals surface area contributed by atoms with Gasteiger partial charge >= 0.3 is 0 Å². The highest BCUT2D eigenvalue weighted by atomic mass is 79.9. The van der Waals surface area contributed by atoms with Gasteiger partial charge in [-0.05, 0) is 50.6 Å². The van der Waals surface area contributed by atoms with Gasteiger partial charge in [-0.2, -0.15) is 10.1 Å². The van der Waals surface area contributed by atoms with Crippen molar-refractivity contribution in [2.24, 2.45) is 5.10 Å². The summed E-state index contributed by atoms with van der Waals surface area (Å²) < 4.78 is 26.4. The fourth-order valence-corrected chi connectivity index (χ4v) is 4.20. The smallest absolute Gasteiger partial charge is 0.245 e. The van der Waals surface area contributed by atoms with Gasteiger partial charge in [0.05, 0.1) is 27.7 Å². The number of para-hydroxylation sites is 1. The number of halogens is 2. The van der Waals surface area contributed by atoms with E-state index in [1.54, 1.807) is 38.1 Å². The van der Waals surface area contributed by atoms with Gasteiger partial charge in [-0.15, -0.1) is 0 Å². The lowest BCUT2D eigenvalue weighted by molar-refractivity contribution is 0.588. The third-order valence-electron chi connectivity index (χ3n) is 4.40. The van der Waals surface area contributed by atoms with Crippen LogP contribution in [-0.4, -0.2) is 29.3 Å². The summed E-state index contributed by atoms with van der Waals surface area (Å²) in [5, 5.41) is 7.00. The van der Waals surface area contributed by atoms with Gasteiger partial charge in [0.1, 0.15) is 5.02 Å². The van der Waals surface area contributed by atoms with Crippen LogP contribution in [0.1, 0.15) is 26.3 Å². The lowest BCUT2D eigenvalue weighted by atomic mass is 10.1. The minimum atomic E-state index is -3.50. The van der Waals surface area contributed by atoms with Crippen molar-refractivity contribution in [3.63, 3.8) is 0 Å². The Morgan fingerprint density at radius 3 is 2.48 bits per heavy atom. The Labute approximate surface area is 195 Å². The summed E-state index contributed by atoms with van der Waals surface area (Å²) in [6.45, 7) is 5.13. The first-order valence-corrected chi connectivity index (χ1v) is 12.1. The predicted molar refractivity (Wildman–Crippen MR) is 129 cm³/mol. The zero-order valence-electron chi connectivity index (χ0n) is 17.1. The van der Waals surface area contributed by atoms with Gasteiger partial charge in [0.25, 0.3) is 0 Å². The Morgan fingerprint density at radius 1 is 1.13 bits per heavy atom. The molecular weight excluding hydrogens is 502 g/mol. The molecule has 0 amide bonds. The summed E-state index contributed by atoms with van der Waals surface area (Å²) in [5.41, 5.74) is 4.88. The monoisotopic (exact) mass is 521 g/mol. The maximum atomic E-state index is 12.7. The molecule has 1 heterocycles. The molecule has 31 heavy (non-hydrogen) atoms. The number of nitrogens with one attached hydrogen (secondary N) is 2. The summed E-state index contributed by atoms with van der Waals surface area (Å²) in [6.07, 6.45) is 1.42. The normalized spacial score (nSPS) is 12.1. The lowest BCUT2D eigenvalue weighted by Gasteiger charge is -2.15. The summed E-state index contributed by atoms with van der Waals surface area (Å²) >= 11 is 9.65. The molecule has 162 valence electrons. The van der Waals surface area contributed by atoms with Gasteiger partial charge in [-0.25, -0.2) is 18.8 Å². The van der Waals surface area contributed by atoms with Crippen LogP contribution in [0.25, 0.3) is 0 Å². The largest absolute Gasteiger partial charge is 0.338 e. The Hall–Kier alpha value is -2.49. The number of sulfone groups is 1. The van der Waals surface area contributed by atoms with E-state index in [-0.39, 0.29) is 21.7 Å². The molecule has 3 aromatic rings. The molecule has 0 aliphatic heterocycles. The highest BCUT2D eigenvalue weighted by molar-refractivity contribution is 9.10. The maximum Gasteiger partial charge on any atom is 0.245 e. The molecule has 0 unspecified atom stereocenters. The zero-order chi connectivity index (χ0) is 22.6. The number of aromatic nitrogens is 2. The van der Waals surface area contributed by atoms with Gasteiger partial charge in [0.15, 0.2) is 15.7 Å². The molecule has 3 rings (SSSR count). The van der Waals surface area contributed by atoms with Crippen LogP contribution in [0.5, 0.6) is 0 Å². The van der Waals surface area contributed by atoms with Crippen molar-refractivity contribution in [1.29, 1.82) is 0 Å². The van der Waals surface area contributed by atoms with Crippen molar-refractivity contribution in [1.82, 2.24) is 9.97 Å². The highest BCUT2D eigenvalue weighted by Gasteiger charge is 2.23. The Bertz CT molecular complexity index is 1210. The fourth-order valence-electron chi connectivity index (χ4n) is 2.60. The summed E-state index contributed by atoms with van der Waals surface area (Å²) in [4.78, 5) is 8.65. The molecule has 2 N–H and O–H groups in total. The van der Waals surface area contributed by atoms with Crippen molar-refractivity contribution in [3.05, 3.63) is 69.8 Å². The number of anilines is 3. The van der Waals surface area contributed by atoms with Gasteiger partial charge < -0.3 is 5.32 Å². The van der Waals surface area contributed by atoms with Crippen molar-refractivity contribution in [2.75, 3.05) is 10.7 Å². The van der Waals surface area contributed by atoms with Crippen LogP contribution >= 0.6 is 27.5 Å². The lowest BCUT2D eigenvalue weighted by Crippen LogP contribution is -2.15. The van der Waals surface area contributed by atoms with E-state index in [0.717, 1.165) is 15.7 Å². The first kappa shape index (κ1) is 23.2. The molecule has 0 saturated carbocycles. The second kappa shape index (κ2) is 9.76. The van der Waals surface area contributed by atoms with E-state index >= 15 is 0 Å². The van der Waals surface area contributed by atoms with Crippen LogP contribution in [0.2, 0.25) is 5.02 Å². The summed E-state index contributed by atoms with van der Waals surface area (Å²) in [7, 11) is -3.50. The maximum absolute atomic E-state index is 12.7. The minimum Gasteiger partial charge on any atom is -0.338 e. The zero-order valence-corrected chi connectivity index (χ0v) is 20.3. The molecule has 10 heteroatoms. The van der Waals surface area contributed by atoms with Crippen molar-refractivity contribution in [2.45, 2.75) is 30.9 Å². The summed E-state index contributed by atoms with van der Waals surface area (Å²) in [6, 6.07) is 14.4. The third-order valence-corrected chi connectivity index (χ3v) is 7.41. The average molecular weight is 523 g/mol. The third kappa shape index (κ3) is 5.61. The number of hydrogen-bond acceptors (Lipinski definition) is 7. The molecule has 0 aliphatic carbocycles. The molecule has 0 radical (unpaired) electrons. The standard InChI is InChI=1S/C21H21BrClN5O2S/c1-13(2)31(29,30)19-7-5-4-6-18(19)25-20-17(23)12-24-21(26-20)28-27-14(3)15-8-10-16(22)11-9-15/h4-13H,1-3H3,(H2,24,25,26,28)/b27-14+. The van der Waals surface area contributed by atoms with Gasteiger partial charge in [-0.1, -0.05) is 51.8 Å². The molecule has 0 fully saturated rings. The summed E-state index contributed by atoms with van der Waals surface area (Å²) in [5.74, 6) is 0.481. The molecule has 2 aromatic carbocycles. The molecule has 0 saturated heterocycles. The molecule has 0 aliphatic rings. The number of hydrogen-bond donors (Lipinski definition) is 2. The van der Waals surface area contributed by atoms with Crippen LogP contribution < -0.4 is 10.7 Å². The topological polar surface area (TPSA) is 96.3 Å². The highest BCUT2D eigenvalue weighted by Crippen LogP contribution is 2.30. The van der Waals surface area contributed by atoms with Crippen molar-refractivity contribution >= 4 is 60.5 Å². The van der Waals surface area contributed by atoms with E-state index in [2.05, 4.69) is 41.7 Å². The van der Waals surface area contributed by atoms with Gasteiger partial charge in [-0.3, -0.25) is 0 Å². The van der Waals surface area contributed by atoms with Crippen LogP contribution in [0, 0.1) is 0 Å².